The van der Waals surface area contributed by atoms with E-state index in [-0.39, 0.29) is 6.03 Å². The summed E-state index contributed by atoms with van der Waals surface area (Å²) < 4.78 is 5.58. The van der Waals surface area contributed by atoms with Crippen LogP contribution in [0.15, 0.2) is 0 Å². The minimum atomic E-state index is 0.00769. The van der Waals surface area contributed by atoms with E-state index >= 15 is 0 Å². The van der Waals surface area contributed by atoms with Gasteiger partial charge in [-0.15, -0.1) is 0 Å². The number of nitrogens with zero attached hydrogens (tertiary/aromatic N) is 1. The summed E-state index contributed by atoms with van der Waals surface area (Å²) in [6, 6.07) is 0.00769. The van der Waals surface area contributed by atoms with E-state index in [1.807, 2.05) is 6.92 Å². The fourth-order valence-electron chi connectivity index (χ4n) is 1.65. The van der Waals surface area contributed by atoms with Crippen molar-refractivity contribution in [3.8, 4) is 0 Å². The van der Waals surface area contributed by atoms with E-state index in [0.29, 0.717) is 12.6 Å². The molecule has 0 aromatic rings. The molecule has 4 nitrogen and oxygen atoms in total. The lowest BCUT2D eigenvalue weighted by molar-refractivity contribution is 0.0118. The van der Waals surface area contributed by atoms with Gasteiger partial charge in [-0.2, -0.15) is 0 Å². The van der Waals surface area contributed by atoms with Gasteiger partial charge < -0.3 is 15.0 Å². The highest BCUT2D eigenvalue weighted by Crippen LogP contribution is 2.14. The summed E-state index contributed by atoms with van der Waals surface area (Å²) in [5, 5.41) is 2.89. The zero-order chi connectivity index (χ0) is 11.1. The average Bonchev–Trinajstić information content (AvgIpc) is 2.29. The molecule has 0 aliphatic carbocycles. The Morgan fingerprint density at radius 3 is 2.93 bits per heavy atom. The quantitative estimate of drug-likeness (QED) is 0.772. The van der Waals surface area contributed by atoms with Crippen LogP contribution in [0.3, 0.4) is 0 Å². The molecule has 1 N–H and O–H groups in total. The maximum Gasteiger partial charge on any atom is 0.317 e. The van der Waals surface area contributed by atoms with Gasteiger partial charge in [0.15, 0.2) is 0 Å². The van der Waals surface area contributed by atoms with Gasteiger partial charge in [-0.3, -0.25) is 0 Å². The van der Waals surface area contributed by atoms with E-state index in [2.05, 4.69) is 5.32 Å². The van der Waals surface area contributed by atoms with Crippen molar-refractivity contribution in [2.24, 2.45) is 0 Å². The SMILES string of the molecule is CCN(C)C(=O)NCCC1CCCCO1. The topological polar surface area (TPSA) is 41.6 Å². The molecule has 0 spiro atoms. The molecule has 1 aliphatic rings. The van der Waals surface area contributed by atoms with Crippen LogP contribution < -0.4 is 5.32 Å². The predicted molar refractivity (Wildman–Crippen MR) is 59.9 cm³/mol. The summed E-state index contributed by atoms with van der Waals surface area (Å²) in [4.78, 5) is 13.1. The molecular formula is C11H22N2O2. The average molecular weight is 214 g/mol. The van der Waals surface area contributed by atoms with Crippen LogP contribution in [0.1, 0.15) is 32.6 Å². The van der Waals surface area contributed by atoms with Crippen molar-refractivity contribution in [3.05, 3.63) is 0 Å². The zero-order valence-electron chi connectivity index (χ0n) is 9.79. The summed E-state index contributed by atoms with van der Waals surface area (Å²) in [5.41, 5.74) is 0. The smallest absolute Gasteiger partial charge is 0.317 e. The van der Waals surface area contributed by atoms with E-state index in [1.165, 1.54) is 12.8 Å². The molecule has 0 radical (unpaired) electrons. The number of nitrogens with one attached hydrogen (secondary N) is 1. The summed E-state index contributed by atoms with van der Waals surface area (Å²) in [6.45, 7) is 4.30. The van der Waals surface area contributed by atoms with Gasteiger partial charge in [0.2, 0.25) is 0 Å². The molecule has 4 heteroatoms. The molecule has 1 rings (SSSR count). The maximum absolute atomic E-state index is 11.4. The highest BCUT2D eigenvalue weighted by atomic mass is 16.5. The first-order chi connectivity index (χ1) is 7.24. The number of carbonyl (C=O) groups is 1. The molecule has 1 unspecified atom stereocenters. The van der Waals surface area contributed by atoms with Crippen LogP contribution in [0.25, 0.3) is 0 Å². The molecule has 88 valence electrons. The first-order valence-electron chi connectivity index (χ1n) is 5.84. The van der Waals surface area contributed by atoms with Crippen molar-refractivity contribution in [3.63, 3.8) is 0 Å². The molecule has 2 amide bonds. The molecule has 1 fully saturated rings. The first kappa shape index (κ1) is 12.3. The molecule has 0 bridgehead atoms. The summed E-state index contributed by atoms with van der Waals surface area (Å²) in [7, 11) is 1.80. The Kier molecular flexibility index (Phi) is 5.47. The molecule has 0 aromatic heterocycles. The second-order valence-electron chi connectivity index (χ2n) is 4.02. The van der Waals surface area contributed by atoms with Gasteiger partial charge in [0.1, 0.15) is 0 Å². The van der Waals surface area contributed by atoms with E-state index in [1.54, 1.807) is 11.9 Å². The van der Waals surface area contributed by atoms with Gasteiger partial charge in [0.25, 0.3) is 0 Å². The third-order valence-electron chi connectivity index (χ3n) is 2.84. The number of rotatable bonds is 4. The predicted octanol–water partition coefficient (Wildman–Crippen LogP) is 1.61. The van der Waals surface area contributed by atoms with Crippen LogP contribution >= 0.6 is 0 Å². The summed E-state index contributed by atoms with van der Waals surface area (Å²) >= 11 is 0. The number of amides is 2. The lowest BCUT2D eigenvalue weighted by Crippen LogP contribution is -2.38. The number of urea groups is 1. The summed E-state index contributed by atoms with van der Waals surface area (Å²) in [6.07, 6.45) is 4.86. The van der Waals surface area contributed by atoms with Gasteiger partial charge in [-0.05, 0) is 32.6 Å². The molecule has 1 heterocycles. The second-order valence-corrected chi connectivity index (χ2v) is 4.02. The van der Waals surface area contributed by atoms with E-state index in [4.69, 9.17) is 4.74 Å². The highest BCUT2D eigenvalue weighted by molar-refractivity contribution is 5.73. The third kappa shape index (κ3) is 4.51. The Bertz CT molecular complexity index is 191. The van der Waals surface area contributed by atoms with Gasteiger partial charge in [-0.25, -0.2) is 4.79 Å². The van der Waals surface area contributed by atoms with Crippen LogP contribution in [0.2, 0.25) is 0 Å². The summed E-state index contributed by atoms with van der Waals surface area (Å²) in [5.74, 6) is 0. The molecule has 1 saturated heterocycles. The minimum absolute atomic E-state index is 0.00769. The number of ether oxygens (including phenoxy) is 1. The molecule has 1 aliphatic heterocycles. The lowest BCUT2D eigenvalue weighted by atomic mass is 10.1. The van der Waals surface area contributed by atoms with Crippen molar-refractivity contribution in [1.82, 2.24) is 10.2 Å². The van der Waals surface area contributed by atoms with Gasteiger partial charge in [0, 0.05) is 26.7 Å². The first-order valence-corrected chi connectivity index (χ1v) is 5.84. The van der Waals surface area contributed by atoms with Crippen LogP contribution in [0.5, 0.6) is 0 Å². The standard InChI is InChI=1S/C11H22N2O2/c1-3-13(2)11(14)12-8-7-10-6-4-5-9-15-10/h10H,3-9H2,1-2H3,(H,12,14). The zero-order valence-corrected chi connectivity index (χ0v) is 9.79. The van der Waals surface area contributed by atoms with Gasteiger partial charge >= 0.3 is 6.03 Å². The lowest BCUT2D eigenvalue weighted by Gasteiger charge is -2.23. The van der Waals surface area contributed by atoms with E-state index in [0.717, 1.165) is 26.0 Å². The number of hydrogen-bond acceptors (Lipinski definition) is 2. The van der Waals surface area contributed by atoms with Crippen molar-refractivity contribution in [1.29, 1.82) is 0 Å². The number of carbonyl (C=O) groups excluding carboxylic acids is 1. The Labute approximate surface area is 92.0 Å². The fourth-order valence-corrected chi connectivity index (χ4v) is 1.65. The number of hydrogen-bond donors (Lipinski definition) is 1. The monoisotopic (exact) mass is 214 g/mol. The van der Waals surface area contributed by atoms with Crippen molar-refractivity contribution < 1.29 is 9.53 Å². The third-order valence-corrected chi connectivity index (χ3v) is 2.84. The highest BCUT2D eigenvalue weighted by Gasteiger charge is 2.14. The Morgan fingerprint density at radius 1 is 1.53 bits per heavy atom. The van der Waals surface area contributed by atoms with Crippen molar-refractivity contribution in [2.75, 3.05) is 26.7 Å². The normalized spacial score (nSPS) is 21.1. The Hall–Kier alpha value is -0.770. The van der Waals surface area contributed by atoms with Crippen LogP contribution in [0.4, 0.5) is 4.79 Å². The van der Waals surface area contributed by atoms with E-state index in [9.17, 15) is 4.79 Å². The van der Waals surface area contributed by atoms with Gasteiger partial charge in [0.05, 0.1) is 6.10 Å². The van der Waals surface area contributed by atoms with Gasteiger partial charge in [-0.1, -0.05) is 0 Å². The van der Waals surface area contributed by atoms with Crippen molar-refractivity contribution in [2.45, 2.75) is 38.7 Å². The van der Waals surface area contributed by atoms with Crippen LogP contribution in [-0.2, 0) is 4.74 Å². The second kappa shape index (κ2) is 6.67. The molecule has 0 saturated carbocycles. The maximum atomic E-state index is 11.4. The largest absolute Gasteiger partial charge is 0.378 e. The van der Waals surface area contributed by atoms with Crippen molar-refractivity contribution >= 4 is 6.03 Å². The van der Waals surface area contributed by atoms with E-state index < -0.39 is 0 Å². The van der Waals surface area contributed by atoms with Crippen LogP contribution in [0, 0.1) is 0 Å². The molecule has 15 heavy (non-hydrogen) atoms. The molecular weight excluding hydrogens is 192 g/mol. The van der Waals surface area contributed by atoms with Crippen LogP contribution in [-0.4, -0.2) is 43.8 Å². The molecule has 0 aromatic carbocycles. The Balaban J connectivity index is 2.07. The Morgan fingerprint density at radius 2 is 2.33 bits per heavy atom. The molecule has 1 atom stereocenters. The minimum Gasteiger partial charge on any atom is -0.378 e. The fraction of sp³-hybridized carbons (Fsp3) is 0.909.